The van der Waals surface area contributed by atoms with Gasteiger partial charge < -0.3 is 20.5 Å². The number of hydrogen-bond acceptors (Lipinski definition) is 3. The van der Waals surface area contributed by atoms with Crippen molar-refractivity contribution in [2.24, 2.45) is 0 Å². The Bertz CT molecular complexity index is 436. The van der Waals surface area contributed by atoms with E-state index in [0.717, 1.165) is 5.56 Å². The molecular formula is C14H20N2O4. The number of carboxylic acids is 1. The number of carboxylic acid groups (broad SMARTS) is 1. The summed E-state index contributed by atoms with van der Waals surface area (Å²) in [5.74, 6) is -1.11. The largest absolute Gasteiger partial charge is 0.479 e. The van der Waals surface area contributed by atoms with Crippen molar-refractivity contribution in [1.29, 1.82) is 0 Å². The molecule has 0 spiro atoms. The fraction of sp³-hybridized carbons (Fsp3) is 0.429. The van der Waals surface area contributed by atoms with Crippen LogP contribution in [0.25, 0.3) is 0 Å². The lowest BCUT2D eigenvalue weighted by Gasteiger charge is -2.16. The highest BCUT2D eigenvalue weighted by Gasteiger charge is 2.17. The molecule has 1 rings (SSSR count). The number of rotatable bonds is 7. The predicted octanol–water partition coefficient (Wildman–Crippen LogP) is 1.02. The fourth-order valence-corrected chi connectivity index (χ4v) is 1.75. The molecule has 0 radical (unpaired) electrons. The van der Waals surface area contributed by atoms with Gasteiger partial charge in [-0.1, -0.05) is 30.3 Å². The Labute approximate surface area is 118 Å². The lowest BCUT2D eigenvalue weighted by molar-refractivity contribution is -0.147. The van der Waals surface area contributed by atoms with Crippen molar-refractivity contribution in [3.8, 4) is 0 Å². The quantitative estimate of drug-likeness (QED) is 0.695. The average Bonchev–Trinajstić information content (AvgIpc) is 2.39. The molecule has 1 aromatic rings. The van der Waals surface area contributed by atoms with E-state index in [1.165, 1.54) is 7.11 Å². The number of hydrogen-bond donors (Lipinski definition) is 3. The maximum atomic E-state index is 11.6. The minimum atomic E-state index is -1.11. The molecule has 1 aromatic carbocycles. The van der Waals surface area contributed by atoms with Gasteiger partial charge in [-0.05, 0) is 18.9 Å². The summed E-state index contributed by atoms with van der Waals surface area (Å²) < 4.78 is 4.72. The molecule has 0 saturated carbocycles. The molecular weight excluding hydrogens is 260 g/mol. The van der Waals surface area contributed by atoms with Crippen LogP contribution in [0.1, 0.15) is 12.5 Å². The molecule has 0 aliphatic heterocycles. The first-order valence-electron chi connectivity index (χ1n) is 6.36. The molecule has 0 aliphatic carbocycles. The minimum Gasteiger partial charge on any atom is -0.479 e. The van der Waals surface area contributed by atoms with E-state index in [1.54, 1.807) is 0 Å². The van der Waals surface area contributed by atoms with Crippen LogP contribution in [0.5, 0.6) is 0 Å². The molecule has 0 aromatic heterocycles. The highest BCUT2D eigenvalue weighted by Crippen LogP contribution is 2.02. The van der Waals surface area contributed by atoms with E-state index in [0.29, 0.717) is 6.42 Å². The Morgan fingerprint density at radius 2 is 1.95 bits per heavy atom. The van der Waals surface area contributed by atoms with Gasteiger partial charge in [0.2, 0.25) is 0 Å². The second-order valence-electron chi connectivity index (χ2n) is 4.51. The summed E-state index contributed by atoms with van der Waals surface area (Å²) in [6, 6.07) is 9.34. The number of urea groups is 1. The first kappa shape index (κ1) is 16.0. The third kappa shape index (κ3) is 5.71. The first-order valence-corrected chi connectivity index (χ1v) is 6.36. The molecule has 6 heteroatoms. The van der Waals surface area contributed by atoms with Crippen molar-refractivity contribution in [3.05, 3.63) is 35.9 Å². The molecule has 0 fully saturated rings. The Morgan fingerprint density at radius 1 is 1.30 bits per heavy atom. The van der Waals surface area contributed by atoms with Gasteiger partial charge >= 0.3 is 12.0 Å². The van der Waals surface area contributed by atoms with Gasteiger partial charge in [0.15, 0.2) is 6.10 Å². The smallest absolute Gasteiger partial charge is 0.334 e. The van der Waals surface area contributed by atoms with E-state index >= 15 is 0 Å². The molecule has 3 N–H and O–H groups in total. The van der Waals surface area contributed by atoms with Crippen LogP contribution in [0.2, 0.25) is 0 Å². The number of methoxy groups -OCH3 is 1. The number of ether oxygens (including phenoxy) is 1. The zero-order chi connectivity index (χ0) is 15.0. The van der Waals surface area contributed by atoms with Gasteiger partial charge in [-0.2, -0.15) is 0 Å². The van der Waals surface area contributed by atoms with Crippen LogP contribution in [-0.2, 0) is 16.0 Å². The van der Waals surface area contributed by atoms with Gasteiger partial charge in [0.1, 0.15) is 0 Å². The van der Waals surface area contributed by atoms with E-state index in [9.17, 15) is 9.59 Å². The minimum absolute atomic E-state index is 0.0526. The Kier molecular flexibility index (Phi) is 6.52. The van der Waals surface area contributed by atoms with E-state index in [2.05, 4.69) is 10.6 Å². The summed E-state index contributed by atoms with van der Waals surface area (Å²) in [7, 11) is 1.29. The van der Waals surface area contributed by atoms with Gasteiger partial charge in [-0.25, -0.2) is 9.59 Å². The van der Waals surface area contributed by atoms with Crippen molar-refractivity contribution in [2.45, 2.75) is 25.5 Å². The molecule has 0 bridgehead atoms. The van der Waals surface area contributed by atoms with E-state index in [1.807, 2.05) is 37.3 Å². The number of amides is 2. The van der Waals surface area contributed by atoms with Crippen molar-refractivity contribution in [1.82, 2.24) is 10.6 Å². The summed E-state index contributed by atoms with van der Waals surface area (Å²) >= 11 is 0. The number of carbonyl (C=O) groups is 2. The Hall–Kier alpha value is -2.08. The molecule has 2 unspecified atom stereocenters. The van der Waals surface area contributed by atoms with Gasteiger partial charge in [-0.15, -0.1) is 0 Å². The third-order valence-electron chi connectivity index (χ3n) is 2.77. The van der Waals surface area contributed by atoms with E-state index in [4.69, 9.17) is 9.84 Å². The summed E-state index contributed by atoms with van der Waals surface area (Å²) in [5, 5.41) is 14.0. The van der Waals surface area contributed by atoms with Gasteiger partial charge in [-0.3, -0.25) is 0 Å². The molecule has 0 saturated heterocycles. The van der Waals surface area contributed by atoms with Gasteiger partial charge in [0.25, 0.3) is 0 Å². The van der Waals surface area contributed by atoms with E-state index in [-0.39, 0.29) is 12.6 Å². The molecule has 20 heavy (non-hydrogen) atoms. The molecule has 2 atom stereocenters. The Balaban J connectivity index is 2.33. The van der Waals surface area contributed by atoms with Crippen LogP contribution in [0, 0.1) is 0 Å². The lowest BCUT2D eigenvalue weighted by Crippen LogP contribution is -2.46. The highest BCUT2D eigenvalue weighted by molar-refractivity contribution is 5.77. The summed E-state index contributed by atoms with van der Waals surface area (Å²) in [6.07, 6.45) is -0.328. The normalized spacial score (nSPS) is 13.3. The SMILES string of the molecule is COC(CNC(=O)NC(C)Cc1ccccc1)C(=O)O. The third-order valence-corrected chi connectivity index (χ3v) is 2.77. The monoisotopic (exact) mass is 280 g/mol. The topological polar surface area (TPSA) is 87.7 Å². The summed E-state index contributed by atoms with van der Waals surface area (Å²) in [4.78, 5) is 22.3. The number of benzene rings is 1. The van der Waals surface area contributed by atoms with Crippen molar-refractivity contribution in [3.63, 3.8) is 0 Å². The average molecular weight is 280 g/mol. The van der Waals surface area contributed by atoms with Crippen LogP contribution in [0.4, 0.5) is 4.79 Å². The number of carbonyl (C=O) groups excluding carboxylic acids is 1. The molecule has 2 amide bonds. The maximum Gasteiger partial charge on any atom is 0.334 e. The van der Waals surface area contributed by atoms with Crippen LogP contribution in [-0.4, -0.2) is 42.9 Å². The molecule has 0 heterocycles. The van der Waals surface area contributed by atoms with Crippen LogP contribution in [0.3, 0.4) is 0 Å². The van der Waals surface area contributed by atoms with Crippen LogP contribution >= 0.6 is 0 Å². The van der Waals surface area contributed by atoms with Crippen molar-refractivity contribution < 1.29 is 19.4 Å². The molecule has 0 aliphatic rings. The Morgan fingerprint density at radius 3 is 2.50 bits per heavy atom. The van der Waals surface area contributed by atoms with Crippen molar-refractivity contribution in [2.75, 3.05) is 13.7 Å². The second-order valence-corrected chi connectivity index (χ2v) is 4.51. The van der Waals surface area contributed by atoms with Gasteiger partial charge in [0, 0.05) is 13.2 Å². The fourth-order valence-electron chi connectivity index (χ4n) is 1.75. The van der Waals surface area contributed by atoms with Crippen LogP contribution < -0.4 is 10.6 Å². The summed E-state index contributed by atoms with van der Waals surface area (Å²) in [6.45, 7) is 1.81. The first-order chi connectivity index (χ1) is 9.52. The van der Waals surface area contributed by atoms with Gasteiger partial charge in [0.05, 0.1) is 6.54 Å². The molecule has 6 nitrogen and oxygen atoms in total. The zero-order valence-corrected chi connectivity index (χ0v) is 11.6. The number of nitrogens with one attached hydrogen (secondary N) is 2. The number of aliphatic carboxylic acids is 1. The maximum absolute atomic E-state index is 11.6. The lowest BCUT2D eigenvalue weighted by atomic mass is 10.1. The summed E-state index contributed by atoms with van der Waals surface area (Å²) in [5.41, 5.74) is 1.13. The molecule has 110 valence electrons. The van der Waals surface area contributed by atoms with E-state index < -0.39 is 18.1 Å². The second kappa shape index (κ2) is 8.16. The zero-order valence-electron chi connectivity index (χ0n) is 11.6. The van der Waals surface area contributed by atoms with Crippen molar-refractivity contribution >= 4 is 12.0 Å². The highest BCUT2D eigenvalue weighted by atomic mass is 16.5. The van der Waals surface area contributed by atoms with Crippen LogP contribution in [0.15, 0.2) is 30.3 Å². The standard InChI is InChI=1S/C14H20N2O4/c1-10(8-11-6-4-3-5-7-11)16-14(19)15-9-12(20-2)13(17)18/h3-7,10,12H,8-9H2,1-2H3,(H,17,18)(H2,15,16,19). The predicted molar refractivity (Wildman–Crippen MR) is 74.6 cm³/mol.